The molecule has 2 aromatic rings. The molecule has 0 aliphatic rings. The van der Waals surface area contributed by atoms with Crippen LogP contribution in [0.4, 0.5) is 5.69 Å². The van der Waals surface area contributed by atoms with Gasteiger partial charge in [-0.3, -0.25) is 4.79 Å². The molecule has 0 bridgehead atoms. The van der Waals surface area contributed by atoms with Crippen molar-refractivity contribution in [2.24, 2.45) is 0 Å². The molecule has 1 aromatic carbocycles. The van der Waals surface area contributed by atoms with E-state index >= 15 is 0 Å². The van der Waals surface area contributed by atoms with Crippen molar-refractivity contribution in [3.63, 3.8) is 0 Å². The van der Waals surface area contributed by atoms with Crippen LogP contribution in [0.25, 0.3) is 6.08 Å². The van der Waals surface area contributed by atoms with Crippen LogP contribution in [-0.4, -0.2) is 5.91 Å². The first-order valence-corrected chi connectivity index (χ1v) is 7.79. The summed E-state index contributed by atoms with van der Waals surface area (Å²) in [7, 11) is 0. The molecule has 0 saturated carbocycles. The molecule has 1 aromatic heterocycles. The lowest BCUT2D eigenvalue weighted by Gasteiger charge is -2.04. The molecule has 3 nitrogen and oxygen atoms in total. The Morgan fingerprint density at radius 2 is 2.25 bits per heavy atom. The van der Waals surface area contributed by atoms with Crippen molar-refractivity contribution in [2.75, 3.05) is 5.32 Å². The van der Waals surface area contributed by atoms with E-state index in [4.69, 9.17) is 5.26 Å². The van der Waals surface area contributed by atoms with Crippen LogP contribution in [0, 0.1) is 21.8 Å². The lowest BCUT2D eigenvalue weighted by molar-refractivity contribution is -0.112. The fraction of sp³-hybridized carbons (Fsp3) is 0.0667. The van der Waals surface area contributed by atoms with Crippen molar-refractivity contribution < 1.29 is 4.79 Å². The maximum absolute atomic E-state index is 12.1. The second-order valence-electron chi connectivity index (χ2n) is 4.10. The number of rotatable bonds is 3. The number of nitriles is 1. The van der Waals surface area contributed by atoms with Gasteiger partial charge in [0.25, 0.3) is 5.91 Å². The molecule has 0 saturated heterocycles. The van der Waals surface area contributed by atoms with E-state index in [1.807, 2.05) is 42.6 Å². The van der Waals surface area contributed by atoms with Gasteiger partial charge in [0.05, 0.1) is 0 Å². The highest BCUT2D eigenvalue weighted by atomic mass is 127. The summed E-state index contributed by atoms with van der Waals surface area (Å²) in [6.45, 7) is 1.95. The summed E-state index contributed by atoms with van der Waals surface area (Å²) in [4.78, 5) is 13.0. The van der Waals surface area contributed by atoms with Crippen LogP contribution in [0.2, 0.25) is 0 Å². The third-order valence-corrected chi connectivity index (χ3v) is 4.26. The monoisotopic (exact) mass is 394 g/mol. The van der Waals surface area contributed by atoms with Crippen molar-refractivity contribution >= 4 is 51.6 Å². The number of nitrogens with zero attached hydrogens (tertiary/aromatic N) is 1. The van der Waals surface area contributed by atoms with Crippen molar-refractivity contribution in [3.05, 3.63) is 55.3 Å². The Morgan fingerprint density at radius 1 is 1.45 bits per heavy atom. The average molecular weight is 394 g/mol. The predicted octanol–water partition coefficient (Wildman–Crippen LogP) is 4.21. The number of hydrogen-bond donors (Lipinski definition) is 1. The quantitative estimate of drug-likeness (QED) is 0.482. The van der Waals surface area contributed by atoms with E-state index in [1.54, 1.807) is 12.1 Å². The highest BCUT2D eigenvalue weighted by molar-refractivity contribution is 14.1. The van der Waals surface area contributed by atoms with Gasteiger partial charge in [0.2, 0.25) is 0 Å². The van der Waals surface area contributed by atoms with Crippen LogP contribution in [-0.2, 0) is 4.79 Å². The van der Waals surface area contributed by atoms with Crippen LogP contribution in [0.15, 0.2) is 41.3 Å². The van der Waals surface area contributed by atoms with Gasteiger partial charge in [-0.15, -0.1) is 11.3 Å². The number of carbonyl (C=O) groups excluding carboxylic acids is 1. The van der Waals surface area contributed by atoms with E-state index in [9.17, 15) is 4.79 Å². The van der Waals surface area contributed by atoms with Gasteiger partial charge in [-0.2, -0.15) is 5.26 Å². The molecule has 1 heterocycles. The third-order valence-electron chi connectivity index (χ3n) is 2.62. The van der Waals surface area contributed by atoms with Crippen LogP contribution in [0.5, 0.6) is 0 Å². The van der Waals surface area contributed by atoms with Crippen molar-refractivity contribution in [2.45, 2.75) is 6.92 Å². The predicted molar refractivity (Wildman–Crippen MR) is 90.4 cm³/mol. The summed E-state index contributed by atoms with van der Waals surface area (Å²) in [5, 5.41) is 13.8. The Bertz CT molecular complexity index is 713. The Labute approximate surface area is 135 Å². The molecule has 0 aliphatic heterocycles. The maximum Gasteiger partial charge on any atom is 0.266 e. The van der Waals surface area contributed by atoms with Crippen LogP contribution in [0.1, 0.15) is 10.4 Å². The zero-order chi connectivity index (χ0) is 14.5. The Morgan fingerprint density at radius 3 is 2.85 bits per heavy atom. The maximum atomic E-state index is 12.1. The molecule has 20 heavy (non-hydrogen) atoms. The van der Waals surface area contributed by atoms with Crippen LogP contribution in [0.3, 0.4) is 0 Å². The van der Waals surface area contributed by atoms with Gasteiger partial charge in [-0.05, 0) is 70.8 Å². The summed E-state index contributed by atoms with van der Waals surface area (Å²) in [5.41, 5.74) is 1.85. The molecule has 2 rings (SSSR count). The smallest absolute Gasteiger partial charge is 0.266 e. The van der Waals surface area contributed by atoms with Gasteiger partial charge < -0.3 is 5.32 Å². The molecule has 0 radical (unpaired) electrons. The standard InChI is InChI=1S/C15H11IN2OS/c1-10-5-6-20-14(10)7-11(9-17)15(19)18-13-4-2-3-12(16)8-13/h2-8H,1H3,(H,18,19)/b11-7+. The largest absolute Gasteiger partial charge is 0.321 e. The number of amides is 1. The minimum Gasteiger partial charge on any atom is -0.321 e. The molecular weight excluding hydrogens is 383 g/mol. The number of hydrogen-bond acceptors (Lipinski definition) is 3. The fourth-order valence-corrected chi connectivity index (χ4v) is 2.98. The minimum atomic E-state index is -0.387. The molecule has 1 N–H and O–H groups in total. The number of benzene rings is 1. The molecule has 0 aliphatic carbocycles. The zero-order valence-corrected chi connectivity index (χ0v) is 13.7. The van der Waals surface area contributed by atoms with Gasteiger partial charge in [0.1, 0.15) is 11.6 Å². The zero-order valence-electron chi connectivity index (χ0n) is 10.7. The molecule has 1 amide bonds. The highest BCUT2D eigenvalue weighted by Crippen LogP contribution is 2.20. The summed E-state index contributed by atoms with van der Waals surface area (Å²) in [6, 6.07) is 11.4. The first-order chi connectivity index (χ1) is 9.60. The van der Waals surface area contributed by atoms with E-state index in [2.05, 4.69) is 27.9 Å². The molecule has 0 atom stereocenters. The highest BCUT2D eigenvalue weighted by Gasteiger charge is 2.10. The Hall–Kier alpha value is -1.65. The average Bonchev–Trinajstić information content (AvgIpc) is 2.81. The van der Waals surface area contributed by atoms with Gasteiger partial charge in [-0.25, -0.2) is 0 Å². The van der Waals surface area contributed by atoms with E-state index in [-0.39, 0.29) is 11.5 Å². The molecule has 0 fully saturated rings. The third kappa shape index (κ3) is 3.68. The summed E-state index contributed by atoms with van der Waals surface area (Å²) >= 11 is 3.68. The van der Waals surface area contributed by atoms with Crippen LogP contribution < -0.4 is 5.32 Å². The fourth-order valence-electron chi connectivity index (χ4n) is 1.58. The summed E-state index contributed by atoms with van der Waals surface area (Å²) in [5.74, 6) is -0.387. The van der Waals surface area contributed by atoms with Crippen molar-refractivity contribution in [1.82, 2.24) is 0 Å². The second kappa shape index (κ2) is 6.68. The van der Waals surface area contributed by atoms with Gasteiger partial charge >= 0.3 is 0 Å². The summed E-state index contributed by atoms with van der Waals surface area (Å²) < 4.78 is 1.02. The minimum absolute atomic E-state index is 0.106. The molecule has 100 valence electrons. The Balaban J connectivity index is 2.21. The SMILES string of the molecule is Cc1ccsc1/C=C(\C#N)C(=O)Nc1cccc(I)c1. The van der Waals surface area contributed by atoms with E-state index in [0.29, 0.717) is 5.69 Å². The molecule has 0 unspecified atom stereocenters. The van der Waals surface area contributed by atoms with E-state index in [0.717, 1.165) is 14.0 Å². The number of halogens is 1. The number of nitrogens with one attached hydrogen (secondary N) is 1. The molecular formula is C15H11IN2OS. The van der Waals surface area contributed by atoms with Gasteiger partial charge in [0, 0.05) is 14.1 Å². The summed E-state index contributed by atoms with van der Waals surface area (Å²) in [6.07, 6.45) is 1.63. The second-order valence-corrected chi connectivity index (χ2v) is 6.30. The first-order valence-electron chi connectivity index (χ1n) is 5.83. The lowest BCUT2D eigenvalue weighted by Crippen LogP contribution is -2.13. The van der Waals surface area contributed by atoms with Gasteiger partial charge in [-0.1, -0.05) is 6.07 Å². The van der Waals surface area contributed by atoms with E-state index in [1.165, 1.54) is 11.3 Å². The van der Waals surface area contributed by atoms with E-state index < -0.39 is 0 Å². The Kier molecular flexibility index (Phi) is 4.93. The first kappa shape index (κ1) is 14.8. The number of thiophene rings is 1. The van der Waals surface area contributed by atoms with Crippen LogP contribution >= 0.6 is 33.9 Å². The van der Waals surface area contributed by atoms with Gasteiger partial charge in [0.15, 0.2) is 0 Å². The normalized spacial score (nSPS) is 10.9. The number of aryl methyl sites for hydroxylation is 1. The molecule has 5 heteroatoms. The van der Waals surface area contributed by atoms with Crippen molar-refractivity contribution in [1.29, 1.82) is 5.26 Å². The van der Waals surface area contributed by atoms with Crippen molar-refractivity contribution in [3.8, 4) is 6.07 Å². The molecule has 0 spiro atoms. The number of anilines is 1. The topological polar surface area (TPSA) is 52.9 Å². The lowest BCUT2D eigenvalue weighted by atomic mass is 10.2. The number of carbonyl (C=O) groups is 1.